The van der Waals surface area contributed by atoms with Crippen molar-refractivity contribution in [3.8, 4) is 5.75 Å². The number of hydrogen-bond acceptors (Lipinski definition) is 5. The molecule has 0 fully saturated rings. The van der Waals surface area contributed by atoms with Crippen LogP contribution in [0, 0.1) is 0 Å². The zero-order chi connectivity index (χ0) is 19.6. The highest BCUT2D eigenvalue weighted by molar-refractivity contribution is 9.09. The molecule has 144 valence electrons. The minimum atomic E-state index is -0.287. The fourth-order valence-electron chi connectivity index (χ4n) is 2.88. The van der Waals surface area contributed by atoms with Crippen LogP contribution in [0.5, 0.6) is 5.75 Å². The highest BCUT2D eigenvalue weighted by Crippen LogP contribution is 2.27. The quantitative estimate of drug-likeness (QED) is 0.334. The van der Waals surface area contributed by atoms with Crippen molar-refractivity contribution in [1.82, 2.24) is 5.01 Å². The van der Waals surface area contributed by atoms with Crippen molar-refractivity contribution in [2.45, 2.75) is 19.4 Å². The van der Waals surface area contributed by atoms with Gasteiger partial charge in [-0.25, -0.2) is 0 Å². The zero-order valence-electron chi connectivity index (χ0n) is 15.7. The van der Waals surface area contributed by atoms with Crippen molar-refractivity contribution in [2.24, 2.45) is 5.10 Å². The van der Waals surface area contributed by atoms with Gasteiger partial charge in [-0.15, -0.1) is 0 Å². The highest BCUT2D eigenvalue weighted by Gasteiger charge is 2.30. The zero-order valence-corrected chi connectivity index (χ0v) is 17.3. The number of hydrogen-bond donors (Lipinski definition) is 0. The standard InChI is InChI=1S/C21H25BrN2O3/c1-4-7-17(8-6-13-22)20-14-19(16-9-11-18(26-3)12-10-16)23-24(20)15-21(25)27-5-2/h4,6-12,20H,1,5,13-15H2,2-3H3/b8-6-,17-7+. The molecule has 0 bridgehead atoms. The molecular formula is C21H25BrN2O3. The summed E-state index contributed by atoms with van der Waals surface area (Å²) in [7, 11) is 1.64. The van der Waals surface area contributed by atoms with Gasteiger partial charge < -0.3 is 9.47 Å². The van der Waals surface area contributed by atoms with E-state index in [1.807, 2.05) is 42.5 Å². The van der Waals surface area contributed by atoms with Crippen molar-refractivity contribution in [1.29, 1.82) is 0 Å². The van der Waals surface area contributed by atoms with Crippen LogP contribution < -0.4 is 4.74 Å². The minimum absolute atomic E-state index is 0.0557. The summed E-state index contributed by atoms with van der Waals surface area (Å²) in [6.45, 7) is 6.07. The van der Waals surface area contributed by atoms with Gasteiger partial charge in [-0.3, -0.25) is 9.80 Å². The Balaban J connectivity index is 2.31. The smallest absolute Gasteiger partial charge is 0.327 e. The molecule has 0 spiro atoms. The summed E-state index contributed by atoms with van der Waals surface area (Å²) in [5.41, 5.74) is 2.98. The van der Waals surface area contributed by atoms with E-state index in [0.717, 1.165) is 27.9 Å². The summed E-state index contributed by atoms with van der Waals surface area (Å²) >= 11 is 3.41. The number of alkyl halides is 1. The lowest BCUT2D eigenvalue weighted by Gasteiger charge is -2.23. The molecule has 1 aromatic rings. The third kappa shape index (κ3) is 5.82. The van der Waals surface area contributed by atoms with Crippen LogP contribution in [-0.4, -0.2) is 48.3 Å². The van der Waals surface area contributed by atoms with Gasteiger partial charge in [-0.05, 0) is 42.3 Å². The molecule has 1 heterocycles. The lowest BCUT2D eigenvalue weighted by molar-refractivity contribution is -0.144. The summed E-state index contributed by atoms with van der Waals surface area (Å²) in [5, 5.41) is 7.26. The second-order valence-corrected chi connectivity index (χ2v) is 6.50. The van der Waals surface area contributed by atoms with Crippen molar-refractivity contribution in [2.75, 3.05) is 25.6 Å². The molecule has 6 heteroatoms. The van der Waals surface area contributed by atoms with Crippen LogP contribution in [0.2, 0.25) is 0 Å². The second-order valence-electron chi connectivity index (χ2n) is 5.86. The molecule has 0 saturated heterocycles. The van der Waals surface area contributed by atoms with E-state index in [-0.39, 0.29) is 18.6 Å². The van der Waals surface area contributed by atoms with E-state index >= 15 is 0 Å². The molecule has 0 radical (unpaired) electrons. The summed E-state index contributed by atoms with van der Waals surface area (Å²) in [4.78, 5) is 12.1. The SMILES string of the molecule is C=C/C=C(\C=C/CBr)C1CC(c2ccc(OC)cc2)=NN1CC(=O)OCC. The predicted molar refractivity (Wildman–Crippen MR) is 112 cm³/mol. The number of ether oxygens (including phenoxy) is 2. The Hall–Kier alpha value is -2.34. The van der Waals surface area contributed by atoms with E-state index in [2.05, 4.69) is 22.5 Å². The first-order valence-electron chi connectivity index (χ1n) is 8.82. The number of carbonyl (C=O) groups is 1. The van der Waals surface area contributed by atoms with Crippen LogP contribution in [0.1, 0.15) is 18.9 Å². The normalized spacial score (nSPS) is 17.1. The number of methoxy groups -OCH3 is 1. The van der Waals surface area contributed by atoms with Crippen molar-refractivity contribution in [3.05, 3.63) is 66.3 Å². The molecule has 5 nitrogen and oxygen atoms in total. The predicted octanol–water partition coefficient (Wildman–Crippen LogP) is 4.10. The Morgan fingerprint density at radius 3 is 2.74 bits per heavy atom. The topological polar surface area (TPSA) is 51.1 Å². The maximum Gasteiger partial charge on any atom is 0.327 e. The van der Waals surface area contributed by atoms with Crippen molar-refractivity contribution in [3.63, 3.8) is 0 Å². The second kappa shape index (κ2) is 10.7. The van der Waals surface area contributed by atoms with E-state index in [1.54, 1.807) is 25.1 Å². The number of nitrogens with zero attached hydrogens (tertiary/aromatic N) is 2. The van der Waals surface area contributed by atoms with E-state index in [0.29, 0.717) is 13.0 Å². The van der Waals surface area contributed by atoms with E-state index in [9.17, 15) is 4.79 Å². The van der Waals surface area contributed by atoms with Gasteiger partial charge >= 0.3 is 5.97 Å². The van der Waals surface area contributed by atoms with Crippen LogP contribution in [0.4, 0.5) is 0 Å². The van der Waals surface area contributed by atoms with Crippen LogP contribution in [0.15, 0.2) is 65.8 Å². The van der Waals surface area contributed by atoms with Crippen molar-refractivity contribution < 1.29 is 14.3 Å². The van der Waals surface area contributed by atoms with E-state index in [4.69, 9.17) is 14.6 Å². The van der Waals surface area contributed by atoms with Crippen LogP contribution >= 0.6 is 15.9 Å². The molecule has 1 unspecified atom stereocenters. The lowest BCUT2D eigenvalue weighted by atomic mass is 9.97. The Morgan fingerprint density at radius 2 is 2.15 bits per heavy atom. The summed E-state index contributed by atoms with van der Waals surface area (Å²) in [5.74, 6) is 0.509. The summed E-state index contributed by atoms with van der Waals surface area (Å²) in [6, 6.07) is 7.72. The Morgan fingerprint density at radius 1 is 1.41 bits per heavy atom. The van der Waals surface area contributed by atoms with Crippen LogP contribution in [0.3, 0.4) is 0 Å². The number of esters is 1. The van der Waals surface area contributed by atoms with Crippen molar-refractivity contribution >= 4 is 27.6 Å². The fourth-order valence-corrected chi connectivity index (χ4v) is 3.07. The van der Waals surface area contributed by atoms with Gasteiger partial charge in [-0.1, -0.05) is 46.8 Å². The molecule has 1 aliphatic heterocycles. The van der Waals surface area contributed by atoms with Gasteiger partial charge in [0.15, 0.2) is 0 Å². The lowest BCUT2D eigenvalue weighted by Crippen LogP contribution is -2.33. The van der Waals surface area contributed by atoms with E-state index < -0.39 is 0 Å². The number of halogens is 1. The fraction of sp³-hybridized carbons (Fsp3) is 0.333. The largest absolute Gasteiger partial charge is 0.497 e. The number of hydrazone groups is 1. The Bertz CT molecular complexity index is 738. The van der Waals surface area contributed by atoms with Crippen LogP contribution in [-0.2, 0) is 9.53 Å². The molecule has 0 N–H and O–H groups in total. The molecule has 0 aliphatic carbocycles. The Kier molecular flexibility index (Phi) is 8.33. The van der Waals surface area contributed by atoms with Gasteiger partial charge in [-0.2, -0.15) is 5.10 Å². The molecule has 0 aromatic heterocycles. The number of carbonyl (C=O) groups excluding carboxylic acids is 1. The van der Waals surface area contributed by atoms with Gasteiger partial charge in [0.2, 0.25) is 0 Å². The van der Waals surface area contributed by atoms with E-state index in [1.165, 1.54) is 0 Å². The molecule has 2 rings (SSSR count). The molecular weight excluding hydrogens is 408 g/mol. The Labute approximate surface area is 169 Å². The summed E-state index contributed by atoms with van der Waals surface area (Å²) in [6.07, 6.45) is 8.45. The average Bonchev–Trinajstić information content (AvgIpc) is 3.09. The molecule has 1 aliphatic rings. The number of allylic oxidation sites excluding steroid dienone is 3. The third-order valence-corrected chi connectivity index (χ3v) is 4.48. The van der Waals surface area contributed by atoms with Gasteiger partial charge in [0.05, 0.1) is 25.5 Å². The van der Waals surface area contributed by atoms with Gasteiger partial charge in [0.25, 0.3) is 0 Å². The number of benzene rings is 1. The monoisotopic (exact) mass is 432 g/mol. The third-order valence-electron chi connectivity index (χ3n) is 4.11. The highest BCUT2D eigenvalue weighted by atomic mass is 79.9. The van der Waals surface area contributed by atoms with Crippen LogP contribution in [0.25, 0.3) is 0 Å². The first-order valence-corrected chi connectivity index (χ1v) is 9.94. The maximum atomic E-state index is 12.1. The van der Waals surface area contributed by atoms with Gasteiger partial charge in [0.1, 0.15) is 12.3 Å². The summed E-state index contributed by atoms with van der Waals surface area (Å²) < 4.78 is 10.3. The molecule has 0 saturated carbocycles. The molecule has 27 heavy (non-hydrogen) atoms. The minimum Gasteiger partial charge on any atom is -0.497 e. The molecule has 1 aromatic carbocycles. The number of rotatable bonds is 9. The molecule has 1 atom stereocenters. The van der Waals surface area contributed by atoms with Gasteiger partial charge in [0, 0.05) is 11.8 Å². The maximum absolute atomic E-state index is 12.1. The first-order chi connectivity index (χ1) is 13.1. The first kappa shape index (κ1) is 21.0. The average molecular weight is 433 g/mol. The molecule has 0 amide bonds.